The maximum Gasteiger partial charge on any atom is 0.343 e. The highest BCUT2D eigenvalue weighted by Gasteiger charge is 2.50. The summed E-state index contributed by atoms with van der Waals surface area (Å²) in [5, 5.41) is 11.9. The van der Waals surface area contributed by atoms with Gasteiger partial charge in [0.25, 0.3) is 5.82 Å². The standard InChI is InChI=1S/C33H37BrN3O5S.BrH/c1-25-36(20-21-37(25)24-26-13-16-29(34)17-14-26)19-8-22-42-32(38)33(39,27-9-4-2-5-10-27)28-15-18-30(23-28)35-43(40,41)31-11-6-3-7-12-31;/h2-7,9-14,16-17,20-21,28,30,35,39H,8,15,18-19,22-24H2,1H3;1H/q+1;/p-1/t28-,30?,33-;/m0./s1. The van der Waals surface area contributed by atoms with Gasteiger partial charge in [0.2, 0.25) is 10.0 Å². The van der Waals surface area contributed by atoms with Crippen LogP contribution in [0.15, 0.2) is 107 Å². The summed E-state index contributed by atoms with van der Waals surface area (Å²) in [5.41, 5.74) is -0.234. The molecule has 0 aliphatic heterocycles. The molecule has 2 N–H and O–H groups in total. The molecular formula is C33H37Br2N3O5S. The summed E-state index contributed by atoms with van der Waals surface area (Å²) in [6, 6.07) is 24.8. The predicted octanol–water partition coefficient (Wildman–Crippen LogP) is 1.87. The fourth-order valence-electron chi connectivity index (χ4n) is 5.81. The van der Waals surface area contributed by atoms with Crippen molar-refractivity contribution in [1.29, 1.82) is 0 Å². The third-order valence-electron chi connectivity index (χ3n) is 8.22. The van der Waals surface area contributed by atoms with Crippen LogP contribution in [-0.2, 0) is 38.2 Å². The number of carbonyl (C=O) groups excluding carboxylic acids is 1. The summed E-state index contributed by atoms with van der Waals surface area (Å²) in [5.74, 6) is -0.120. The molecule has 4 aromatic rings. The maximum atomic E-state index is 13.6. The first-order valence-corrected chi connectivity index (χ1v) is 16.8. The molecule has 3 aromatic carbocycles. The fraction of sp³-hybridized carbons (Fsp3) is 0.333. The summed E-state index contributed by atoms with van der Waals surface area (Å²) >= 11 is 3.47. The van der Waals surface area contributed by atoms with Crippen LogP contribution in [0.1, 0.15) is 42.6 Å². The summed E-state index contributed by atoms with van der Waals surface area (Å²) in [4.78, 5) is 13.7. The number of rotatable bonds is 12. The molecule has 234 valence electrons. The lowest BCUT2D eigenvalue weighted by molar-refractivity contribution is -0.694. The second-order valence-corrected chi connectivity index (χ2v) is 13.7. The molecule has 1 aliphatic carbocycles. The van der Waals surface area contributed by atoms with E-state index in [4.69, 9.17) is 4.74 Å². The van der Waals surface area contributed by atoms with Gasteiger partial charge in [-0.2, -0.15) is 0 Å². The van der Waals surface area contributed by atoms with Gasteiger partial charge in [0, 0.05) is 29.8 Å². The number of aliphatic hydroxyl groups is 1. The number of esters is 1. The number of carbonyl (C=O) groups is 1. The highest BCUT2D eigenvalue weighted by atomic mass is 79.9. The monoisotopic (exact) mass is 745 g/mol. The molecule has 8 nitrogen and oxygen atoms in total. The van der Waals surface area contributed by atoms with Crippen LogP contribution in [0.4, 0.5) is 0 Å². The number of halogens is 2. The van der Waals surface area contributed by atoms with E-state index < -0.39 is 33.6 Å². The minimum Gasteiger partial charge on any atom is -1.00 e. The van der Waals surface area contributed by atoms with E-state index in [0.29, 0.717) is 37.8 Å². The molecule has 0 saturated heterocycles. The lowest BCUT2D eigenvalue weighted by Gasteiger charge is -2.32. The first kappa shape index (κ1) is 34.1. The number of imidazole rings is 1. The topological polar surface area (TPSA) is 102 Å². The van der Waals surface area contributed by atoms with Crippen molar-refractivity contribution in [3.8, 4) is 0 Å². The molecule has 1 saturated carbocycles. The highest BCUT2D eigenvalue weighted by Crippen LogP contribution is 2.42. The molecular weight excluding hydrogens is 710 g/mol. The van der Waals surface area contributed by atoms with Crippen LogP contribution < -0.4 is 26.3 Å². The number of benzene rings is 3. The van der Waals surface area contributed by atoms with Crippen molar-refractivity contribution < 1.29 is 44.6 Å². The molecule has 5 rings (SSSR count). The van der Waals surface area contributed by atoms with Crippen molar-refractivity contribution in [2.24, 2.45) is 5.92 Å². The van der Waals surface area contributed by atoms with Gasteiger partial charge < -0.3 is 26.8 Å². The molecule has 44 heavy (non-hydrogen) atoms. The maximum absolute atomic E-state index is 13.6. The number of nitrogens with one attached hydrogen (secondary N) is 1. The van der Waals surface area contributed by atoms with Crippen molar-refractivity contribution in [3.63, 3.8) is 0 Å². The second-order valence-electron chi connectivity index (χ2n) is 11.1. The molecule has 1 aliphatic rings. The smallest absolute Gasteiger partial charge is 0.343 e. The molecule has 1 heterocycles. The number of ether oxygens (including phenoxy) is 1. The second kappa shape index (κ2) is 15.0. The third-order valence-corrected chi connectivity index (χ3v) is 10.3. The molecule has 11 heteroatoms. The molecule has 0 radical (unpaired) electrons. The van der Waals surface area contributed by atoms with Crippen LogP contribution in [0.3, 0.4) is 0 Å². The van der Waals surface area contributed by atoms with E-state index in [2.05, 4.69) is 48.8 Å². The molecule has 3 atom stereocenters. The normalized spacial score (nSPS) is 17.9. The van der Waals surface area contributed by atoms with Gasteiger partial charge >= 0.3 is 5.97 Å². The average molecular weight is 748 g/mol. The van der Waals surface area contributed by atoms with Gasteiger partial charge in [-0.25, -0.2) is 27.1 Å². The van der Waals surface area contributed by atoms with E-state index >= 15 is 0 Å². The lowest BCUT2D eigenvalue weighted by Crippen LogP contribution is -3.00. The number of sulfonamides is 1. The quantitative estimate of drug-likeness (QED) is 0.131. The molecule has 1 unspecified atom stereocenters. The predicted molar refractivity (Wildman–Crippen MR) is 166 cm³/mol. The summed E-state index contributed by atoms with van der Waals surface area (Å²) in [6.45, 7) is 3.62. The van der Waals surface area contributed by atoms with Crippen molar-refractivity contribution in [3.05, 3.63) is 119 Å². The highest BCUT2D eigenvalue weighted by molar-refractivity contribution is 9.10. The molecule has 0 amide bonds. The minimum absolute atomic E-state index is 0. The van der Waals surface area contributed by atoms with Gasteiger partial charge in [0.05, 0.1) is 18.0 Å². The molecule has 0 bridgehead atoms. The van der Waals surface area contributed by atoms with E-state index in [1.165, 1.54) is 5.56 Å². The number of aryl methyl sites for hydroxylation is 1. The Balaban J connectivity index is 0.00000442. The van der Waals surface area contributed by atoms with Crippen LogP contribution in [0.2, 0.25) is 0 Å². The summed E-state index contributed by atoms with van der Waals surface area (Å²) in [6.07, 6.45) is 5.93. The van der Waals surface area contributed by atoms with Gasteiger partial charge in [-0.05, 0) is 54.7 Å². The first-order valence-electron chi connectivity index (χ1n) is 14.5. The van der Waals surface area contributed by atoms with E-state index in [1.54, 1.807) is 54.6 Å². The Kier molecular flexibility index (Phi) is 11.6. The van der Waals surface area contributed by atoms with Crippen LogP contribution in [0, 0.1) is 12.8 Å². The lowest BCUT2D eigenvalue weighted by atomic mass is 9.80. The van der Waals surface area contributed by atoms with Crippen molar-refractivity contribution >= 4 is 31.9 Å². The molecule has 1 fully saturated rings. The Bertz CT molecular complexity index is 1630. The fourth-order valence-corrected chi connectivity index (χ4v) is 7.38. The van der Waals surface area contributed by atoms with Crippen LogP contribution in [0.5, 0.6) is 0 Å². The van der Waals surface area contributed by atoms with E-state index in [9.17, 15) is 18.3 Å². The Morgan fingerprint density at radius 1 is 1.05 bits per heavy atom. The molecule has 1 aromatic heterocycles. The largest absolute Gasteiger partial charge is 1.00 e. The van der Waals surface area contributed by atoms with Gasteiger partial charge in [-0.3, -0.25) is 0 Å². The van der Waals surface area contributed by atoms with Crippen molar-refractivity contribution in [1.82, 2.24) is 9.29 Å². The zero-order valence-corrected chi connectivity index (χ0v) is 28.5. The zero-order chi connectivity index (χ0) is 30.5. The molecule has 0 spiro atoms. The van der Waals surface area contributed by atoms with E-state index in [0.717, 1.165) is 16.8 Å². The van der Waals surface area contributed by atoms with Gasteiger partial charge in [-0.1, -0.05) is 76.6 Å². The first-order chi connectivity index (χ1) is 20.7. The van der Waals surface area contributed by atoms with Crippen molar-refractivity contribution in [2.45, 2.75) is 62.2 Å². The summed E-state index contributed by atoms with van der Waals surface area (Å²) in [7, 11) is -3.72. The Morgan fingerprint density at radius 3 is 2.39 bits per heavy atom. The summed E-state index contributed by atoms with van der Waals surface area (Å²) < 4.78 is 39.6. The van der Waals surface area contributed by atoms with Crippen molar-refractivity contribution in [2.75, 3.05) is 6.61 Å². The minimum atomic E-state index is -3.72. The third kappa shape index (κ3) is 7.87. The Morgan fingerprint density at radius 2 is 1.70 bits per heavy atom. The SMILES string of the molecule is Cc1n(CCCOC(=O)[C@](O)(c2ccccc2)[C@H]2CCC(NS(=O)(=O)c3ccccc3)C2)cc[n+]1Cc1ccc(Br)cc1.[Br-]. The number of nitrogens with zero attached hydrogens (tertiary/aromatic N) is 2. The van der Waals surface area contributed by atoms with E-state index in [1.807, 2.05) is 30.6 Å². The number of hydrogen-bond acceptors (Lipinski definition) is 5. The van der Waals surface area contributed by atoms with Gasteiger partial charge in [0.1, 0.15) is 18.9 Å². The van der Waals surface area contributed by atoms with Crippen LogP contribution in [0.25, 0.3) is 0 Å². The average Bonchev–Trinajstić information content (AvgIpc) is 3.63. The van der Waals surface area contributed by atoms with Gasteiger partial charge in [0.15, 0.2) is 5.60 Å². The number of hydrogen-bond donors (Lipinski definition) is 2. The Hall–Kier alpha value is -2.83. The van der Waals surface area contributed by atoms with Crippen LogP contribution in [-0.4, -0.2) is 36.7 Å². The Labute approximate surface area is 278 Å². The zero-order valence-electron chi connectivity index (χ0n) is 24.5. The van der Waals surface area contributed by atoms with Crippen LogP contribution >= 0.6 is 15.9 Å². The van der Waals surface area contributed by atoms with Gasteiger partial charge in [-0.15, -0.1) is 0 Å². The number of aromatic nitrogens is 2. The van der Waals surface area contributed by atoms with E-state index in [-0.39, 0.29) is 28.5 Å².